The van der Waals surface area contributed by atoms with Crippen molar-refractivity contribution in [2.24, 2.45) is 23.7 Å². The van der Waals surface area contributed by atoms with Crippen LogP contribution in [0, 0.1) is 23.7 Å². The summed E-state index contributed by atoms with van der Waals surface area (Å²) in [4.78, 5) is 26.8. The van der Waals surface area contributed by atoms with E-state index in [2.05, 4.69) is 32.7 Å². The first-order valence-electron chi connectivity index (χ1n) is 20.4. The second kappa shape index (κ2) is 31.3. The number of piperidine rings is 1. The molecule has 1 saturated heterocycles. The number of carbonyl (C=O) groups is 2. The molecule has 2 unspecified atom stereocenters. The number of esters is 1. The summed E-state index contributed by atoms with van der Waals surface area (Å²) in [5.74, 6) is 1.47. The SMILES string of the molecule is CCCCCCCCCC(CCCCCCCC(C=O)COCCC(CCCCC)CCCCC)COC(=O)C1CCN(C)CC1. The summed E-state index contributed by atoms with van der Waals surface area (Å²) in [6.07, 6.45) is 33.3. The van der Waals surface area contributed by atoms with Gasteiger partial charge in [0.15, 0.2) is 0 Å². The van der Waals surface area contributed by atoms with Gasteiger partial charge in [-0.1, -0.05) is 149 Å². The van der Waals surface area contributed by atoms with Crippen LogP contribution in [0.5, 0.6) is 0 Å². The van der Waals surface area contributed by atoms with Crippen molar-refractivity contribution in [1.82, 2.24) is 4.90 Å². The van der Waals surface area contributed by atoms with Gasteiger partial charge in [0, 0.05) is 12.5 Å². The fourth-order valence-electron chi connectivity index (χ4n) is 7.11. The first-order valence-corrected chi connectivity index (χ1v) is 20.4. The summed E-state index contributed by atoms with van der Waals surface area (Å²) >= 11 is 0. The van der Waals surface area contributed by atoms with E-state index in [4.69, 9.17) is 9.47 Å². The monoisotopic (exact) mass is 650 g/mol. The zero-order valence-corrected chi connectivity index (χ0v) is 31.4. The summed E-state index contributed by atoms with van der Waals surface area (Å²) in [6, 6.07) is 0. The molecule has 0 aromatic heterocycles. The standard InChI is InChI=1S/C41H79NO4/c1-5-8-11-12-13-15-20-25-38(36-46-41(44)40-28-31-42(4)32-29-40)26-21-16-14-17-22-27-39(34-43)35-45-33-30-37(23-18-9-6-2)24-19-10-7-3/h34,37-40H,5-33,35-36H2,1-4H3. The van der Waals surface area contributed by atoms with Gasteiger partial charge in [-0.2, -0.15) is 0 Å². The average Bonchev–Trinajstić information content (AvgIpc) is 3.06. The Bertz CT molecular complexity index is 667. The number of likely N-dealkylation sites (tertiary alicyclic amines) is 1. The molecule has 1 aliphatic rings. The molecule has 0 radical (unpaired) electrons. The van der Waals surface area contributed by atoms with Crippen LogP contribution in [0.4, 0.5) is 0 Å². The molecule has 0 amide bonds. The molecule has 0 saturated carbocycles. The van der Waals surface area contributed by atoms with Crippen LogP contribution in [-0.4, -0.2) is 57.1 Å². The molecule has 5 heteroatoms. The van der Waals surface area contributed by atoms with Gasteiger partial charge in [0.25, 0.3) is 0 Å². The van der Waals surface area contributed by atoms with E-state index < -0.39 is 0 Å². The Kier molecular flexibility index (Phi) is 29.3. The van der Waals surface area contributed by atoms with Gasteiger partial charge in [0.2, 0.25) is 0 Å². The van der Waals surface area contributed by atoms with Crippen LogP contribution in [-0.2, 0) is 19.1 Å². The lowest BCUT2D eigenvalue weighted by atomic mass is 9.92. The molecule has 0 N–H and O–H groups in total. The van der Waals surface area contributed by atoms with Gasteiger partial charge in [-0.15, -0.1) is 0 Å². The largest absolute Gasteiger partial charge is 0.465 e. The highest BCUT2D eigenvalue weighted by molar-refractivity contribution is 5.72. The van der Waals surface area contributed by atoms with Gasteiger partial charge in [0.1, 0.15) is 6.29 Å². The third-order valence-corrected chi connectivity index (χ3v) is 10.5. The van der Waals surface area contributed by atoms with Gasteiger partial charge < -0.3 is 19.2 Å². The van der Waals surface area contributed by atoms with Crippen LogP contribution in [0.15, 0.2) is 0 Å². The molecule has 0 aromatic carbocycles. The lowest BCUT2D eigenvalue weighted by Crippen LogP contribution is -2.34. The van der Waals surface area contributed by atoms with Gasteiger partial charge in [-0.05, 0) is 70.5 Å². The second-order valence-corrected chi connectivity index (χ2v) is 14.9. The molecule has 5 nitrogen and oxygen atoms in total. The molecule has 46 heavy (non-hydrogen) atoms. The lowest BCUT2D eigenvalue weighted by molar-refractivity contribution is -0.151. The van der Waals surface area contributed by atoms with E-state index in [1.807, 2.05) is 0 Å². The van der Waals surface area contributed by atoms with Gasteiger partial charge in [0.05, 0.1) is 19.1 Å². The Morgan fingerprint density at radius 1 is 0.630 bits per heavy atom. The molecule has 0 bridgehead atoms. The fourth-order valence-corrected chi connectivity index (χ4v) is 7.11. The predicted octanol–water partition coefficient (Wildman–Crippen LogP) is 11.4. The Balaban J connectivity index is 2.26. The Morgan fingerprint density at radius 3 is 1.63 bits per heavy atom. The molecule has 1 aliphatic heterocycles. The van der Waals surface area contributed by atoms with Crippen LogP contribution in [0.25, 0.3) is 0 Å². The van der Waals surface area contributed by atoms with Crippen molar-refractivity contribution in [2.75, 3.05) is 40.0 Å². The highest BCUT2D eigenvalue weighted by Gasteiger charge is 2.25. The van der Waals surface area contributed by atoms with Gasteiger partial charge in [-0.25, -0.2) is 0 Å². The average molecular weight is 650 g/mol. The smallest absolute Gasteiger partial charge is 0.309 e. The molecular weight excluding hydrogens is 570 g/mol. The number of nitrogens with zero attached hydrogens (tertiary/aromatic N) is 1. The summed E-state index contributed by atoms with van der Waals surface area (Å²) < 4.78 is 11.9. The van der Waals surface area contributed by atoms with Crippen molar-refractivity contribution < 1.29 is 19.1 Å². The first kappa shape index (κ1) is 43.1. The number of ether oxygens (including phenoxy) is 2. The fraction of sp³-hybridized carbons (Fsp3) is 0.951. The minimum atomic E-state index is 0.0456. The highest BCUT2D eigenvalue weighted by Crippen LogP contribution is 2.24. The molecule has 0 aliphatic carbocycles. The number of carbonyl (C=O) groups excluding carboxylic acids is 2. The molecule has 1 rings (SSSR count). The van der Waals surface area contributed by atoms with E-state index in [-0.39, 0.29) is 17.8 Å². The molecule has 272 valence electrons. The maximum atomic E-state index is 12.7. The maximum Gasteiger partial charge on any atom is 0.309 e. The number of unbranched alkanes of at least 4 members (excludes halogenated alkanes) is 14. The van der Waals surface area contributed by atoms with Crippen LogP contribution in [0.3, 0.4) is 0 Å². The molecule has 1 heterocycles. The number of hydrogen-bond acceptors (Lipinski definition) is 5. The topological polar surface area (TPSA) is 55.8 Å². The zero-order valence-electron chi connectivity index (χ0n) is 31.4. The predicted molar refractivity (Wildman–Crippen MR) is 196 cm³/mol. The van der Waals surface area contributed by atoms with Crippen LogP contribution in [0.2, 0.25) is 0 Å². The van der Waals surface area contributed by atoms with Crippen LogP contribution >= 0.6 is 0 Å². The second-order valence-electron chi connectivity index (χ2n) is 14.9. The molecule has 1 fully saturated rings. The maximum absolute atomic E-state index is 12.7. The van der Waals surface area contributed by atoms with E-state index in [1.165, 1.54) is 135 Å². The Labute approximate surface area is 287 Å². The number of hydrogen-bond donors (Lipinski definition) is 0. The molecule has 2 atom stereocenters. The zero-order chi connectivity index (χ0) is 33.5. The van der Waals surface area contributed by atoms with Crippen LogP contribution < -0.4 is 0 Å². The number of aldehydes is 1. The highest BCUT2D eigenvalue weighted by atomic mass is 16.5. The van der Waals surface area contributed by atoms with Crippen molar-refractivity contribution in [3.63, 3.8) is 0 Å². The van der Waals surface area contributed by atoms with E-state index >= 15 is 0 Å². The number of rotatable bonds is 33. The Morgan fingerprint density at radius 2 is 1.09 bits per heavy atom. The van der Waals surface area contributed by atoms with E-state index in [0.29, 0.717) is 19.1 Å². The Hall–Kier alpha value is -0.940. The molecule has 0 spiro atoms. The summed E-state index contributed by atoms with van der Waals surface area (Å²) in [5.41, 5.74) is 0. The summed E-state index contributed by atoms with van der Waals surface area (Å²) in [5, 5.41) is 0. The third-order valence-electron chi connectivity index (χ3n) is 10.5. The molecule has 0 aromatic rings. The van der Waals surface area contributed by atoms with Crippen LogP contribution in [0.1, 0.15) is 188 Å². The third kappa shape index (κ3) is 24.2. The van der Waals surface area contributed by atoms with Crippen molar-refractivity contribution in [3.8, 4) is 0 Å². The van der Waals surface area contributed by atoms with Crippen molar-refractivity contribution in [1.29, 1.82) is 0 Å². The van der Waals surface area contributed by atoms with Crippen molar-refractivity contribution in [3.05, 3.63) is 0 Å². The summed E-state index contributed by atoms with van der Waals surface area (Å²) in [6.45, 7) is 10.8. The summed E-state index contributed by atoms with van der Waals surface area (Å²) in [7, 11) is 2.14. The van der Waals surface area contributed by atoms with Gasteiger partial charge >= 0.3 is 5.97 Å². The van der Waals surface area contributed by atoms with Crippen molar-refractivity contribution in [2.45, 2.75) is 188 Å². The minimum Gasteiger partial charge on any atom is -0.465 e. The molecular formula is C41H79NO4. The quantitative estimate of drug-likeness (QED) is 0.0402. The van der Waals surface area contributed by atoms with E-state index in [9.17, 15) is 9.59 Å². The van der Waals surface area contributed by atoms with E-state index in [1.54, 1.807) is 0 Å². The van der Waals surface area contributed by atoms with E-state index in [0.717, 1.165) is 64.0 Å². The first-order chi connectivity index (χ1) is 22.5. The van der Waals surface area contributed by atoms with Gasteiger partial charge in [-0.3, -0.25) is 4.79 Å². The lowest BCUT2D eigenvalue weighted by Gasteiger charge is -2.28. The normalized spacial score (nSPS) is 15.8. The van der Waals surface area contributed by atoms with Crippen molar-refractivity contribution >= 4 is 12.3 Å². The minimum absolute atomic E-state index is 0.0456.